The fourth-order valence-corrected chi connectivity index (χ4v) is 2.61. The Bertz CT molecular complexity index is 347. The van der Waals surface area contributed by atoms with Crippen molar-refractivity contribution in [1.29, 1.82) is 0 Å². The van der Waals surface area contributed by atoms with Crippen LogP contribution in [0.4, 0.5) is 4.79 Å². The van der Waals surface area contributed by atoms with Crippen molar-refractivity contribution in [3.8, 4) is 0 Å². The molecule has 20 heavy (non-hydrogen) atoms. The number of carbonyl (C=O) groups is 2. The van der Waals surface area contributed by atoms with Gasteiger partial charge >= 0.3 is 12.0 Å². The average Bonchev–Trinajstić information content (AvgIpc) is 2.49. The molecular formula is C14H27N3O3. The molecule has 0 bridgehead atoms. The van der Waals surface area contributed by atoms with E-state index in [9.17, 15) is 9.59 Å². The van der Waals surface area contributed by atoms with E-state index in [1.807, 2.05) is 18.7 Å². The van der Waals surface area contributed by atoms with E-state index in [-0.39, 0.29) is 31.1 Å². The summed E-state index contributed by atoms with van der Waals surface area (Å²) in [6.07, 6.45) is 0.948. The highest BCUT2D eigenvalue weighted by atomic mass is 16.4. The number of hydrogen-bond donors (Lipinski definition) is 1. The van der Waals surface area contributed by atoms with E-state index in [4.69, 9.17) is 5.11 Å². The topological polar surface area (TPSA) is 64.1 Å². The Morgan fingerprint density at radius 1 is 1.35 bits per heavy atom. The largest absolute Gasteiger partial charge is 0.481 e. The SMILES string of the molecule is CC(C)N(CCC(=O)O)C(=O)N1CCCN(C)CC1C. The number of hydrogen-bond acceptors (Lipinski definition) is 3. The van der Waals surface area contributed by atoms with Crippen LogP contribution < -0.4 is 0 Å². The van der Waals surface area contributed by atoms with Crippen LogP contribution >= 0.6 is 0 Å². The van der Waals surface area contributed by atoms with E-state index in [2.05, 4.69) is 18.9 Å². The number of urea groups is 1. The van der Waals surface area contributed by atoms with E-state index in [0.29, 0.717) is 0 Å². The van der Waals surface area contributed by atoms with Crippen molar-refractivity contribution in [3.05, 3.63) is 0 Å². The Morgan fingerprint density at radius 3 is 2.55 bits per heavy atom. The van der Waals surface area contributed by atoms with Gasteiger partial charge in [0.15, 0.2) is 0 Å². The molecule has 1 unspecified atom stereocenters. The molecule has 1 heterocycles. The molecular weight excluding hydrogens is 258 g/mol. The summed E-state index contributed by atoms with van der Waals surface area (Å²) in [4.78, 5) is 29.2. The number of amides is 2. The van der Waals surface area contributed by atoms with Crippen LogP contribution in [0.2, 0.25) is 0 Å². The molecule has 6 nitrogen and oxygen atoms in total. The molecule has 116 valence electrons. The van der Waals surface area contributed by atoms with Crippen molar-refractivity contribution in [3.63, 3.8) is 0 Å². The second kappa shape index (κ2) is 7.47. The van der Waals surface area contributed by atoms with Crippen LogP contribution in [0.25, 0.3) is 0 Å². The lowest BCUT2D eigenvalue weighted by molar-refractivity contribution is -0.137. The fraction of sp³-hybridized carbons (Fsp3) is 0.857. The molecule has 2 amide bonds. The zero-order valence-corrected chi connectivity index (χ0v) is 13.0. The first-order valence-electron chi connectivity index (χ1n) is 7.30. The maximum atomic E-state index is 12.7. The highest BCUT2D eigenvalue weighted by Gasteiger charge is 2.29. The fourth-order valence-electron chi connectivity index (χ4n) is 2.61. The summed E-state index contributed by atoms with van der Waals surface area (Å²) < 4.78 is 0. The lowest BCUT2D eigenvalue weighted by atomic mass is 10.2. The maximum absolute atomic E-state index is 12.7. The summed E-state index contributed by atoms with van der Waals surface area (Å²) in [7, 11) is 2.06. The van der Waals surface area contributed by atoms with E-state index in [0.717, 1.165) is 26.1 Å². The van der Waals surface area contributed by atoms with Crippen molar-refractivity contribution < 1.29 is 14.7 Å². The Balaban J connectivity index is 2.74. The van der Waals surface area contributed by atoms with Crippen LogP contribution in [0.3, 0.4) is 0 Å². The third kappa shape index (κ3) is 4.67. The third-order valence-electron chi connectivity index (χ3n) is 3.73. The molecule has 1 rings (SSSR count). The van der Waals surface area contributed by atoms with E-state index >= 15 is 0 Å². The van der Waals surface area contributed by atoms with Gasteiger partial charge in [-0.05, 0) is 40.8 Å². The van der Waals surface area contributed by atoms with Crippen LogP contribution in [-0.2, 0) is 4.79 Å². The van der Waals surface area contributed by atoms with Crippen LogP contribution in [0.15, 0.2) is 0 Å². The summed E-state index contributed by atoms with van der Waals surface area (Å²) in [6.45, 7) is 8.76. The molecule has 1 saturated heterocycles. The van der Waals surface area contributed by atoms with Gasteiger partial charge in [-0.3, -0.25) is 4.79 Å². The van der Waals surface area contributed by atoms with Crippen LogP contribution in [0.5, 0.6) is 0 Å². The van der Waals surface area contributed by atoms with Gasteiger partial charge in [-0.25, -0.2) is 4.79 Å². The van der Waals surface area contributed by atoms with E-state index < -0.39 is 5.97 Å². The van der Waals surface area contributed by atoms with Gasteiger partial charge in [0.05, 0.1) is 6.42 Å². The van der Waals surface area contributed by atoms with Gasteiger partial charge in [-0.2, -0.15) is 0 Å². The van der Waals surface area contributed by atoms with Gasteiger partial charge in [-0.1, -0.05) is 0 Å². The lowest BCUT2D eigenvalue weighted by Crippen LogP contribution is -2.51. The first-order chi connectivity index (χ1) is 9.32. The zero-order valence-electron chi connectivity index (χ0n) is 13.0. The predicted molar refractivity (Wildman–Crippen MR) is 77.8 cm³/mol. The predicted octanol–water partition coefficient (Wildman–Crippen LogP) is 1.32. The van der Waals surface area contributed by atoms with Crippen molar-refractivity contribution in [2.45, 2.75) is 45.7 Å². The zero-order chi connectivity index (χ0) is 15.3. The van der Waals surface area contributed by atoms with Crippen molar-refractivity contribution in [2.75, 3.05) is 33.2 Å². The molecule has 0 saturated carbocycles. The summed E-state index contributed by atoms with van der Waals surface area (Å²) in [5.41, 5.74) is 0. The highest BCUT2D eigenvalue weighted by molar-refractivity contribution is 5.76. The van der Waals surface area contributed by atoms with Gasteiger partial charge < -0.3 is 19.8 Å². The van der Waals surface area contributed by atoms with E-state index in [1.54, 1.807) is 4.90 Å². The number of rotatable bonds is 4. The number of carboxylic acid groups (broad SMARTS) is 1. The minimum Gasteiger partial charge on any atom is -0.481 e. The lowest BCUT2D eigenvalue weighted by Gasteiger charge is -2.35. The van der Waals surface area contributed by atoms with Gasteiger partial charge in [0, 0.05) is 31.7 Å². The molecule has 6 heteroatoms. The summed E-state index contributed by atoms with van der Waals surface area (Å²) in [5, 5.41) is 8.81. The quantitative estimate of drug-likeness (QED) is 0.846. The Morgan fingerprint density at radius 2 is 2.00 bits per heavy atom. The second-order valence-corrected chi connectivity index (χ2v) is 5.87. The summed E-state index contributed by atoms with van der Waals surface area (Å²) >= 11 is 0. The monoisotopic (exact) mass is 285 g/mol. The van der Waals surface area contributed by atoms with Crippen molar-refractivity contribution in [1.82, 2.24) is 14.7 Å². The molecule has 0 aliphatic carbocycles. The minimum absolute atomic E-state index is 0.00789. The molecule has 1 atom stereocenters. The molecule has 1 aliphatic heterocycles. The average molecular weight is 285 g/mol. The Kier molecular flexibility index (Phi) is 6.26. The molecule has 1 aliphatic rings. The standard InChI is InChI=1S/C14H27N3O3/c1-11(2)16(9-6-13(18)19)14(20)17-8-5-7-15(4)10-12(17)3/h11-12H,5-10H2,1-4H3,(H,18,19). The Labute approximate surface area is 121 Å². The number of aliphatic carboxylic acids is 1. The molecule has 1 fully saturated rings. The smallest absolute Gasteiger partial charge is 0.320 e. The highest BCUT2D eigenvalue weighted by Crippen LogP contribution is 2.14. The normalized spacial score (nSPS) is 20.9. The molecule has 0 radical (unpaired) electrons. The molecule has 0 aromatic rings. The summed E-state index contributed by atoms with van der Waals surface area (Å²) in [6, 6.07) is 0.125. The number of carbonyl (C=O) groups excluding carboxylic acids is 1. The minimum atomic E-state index is -0.868. The van der Waals surface area contributed by atoms with Crippen molar-refractivity contribution >= 4 is 12.0 Å². The number of likely N-dealkylation sites (N-methyl/N-ethyl adjacent to an activating group) is 1. The third-order valence-corrected chi connectivity index (χ3v) is 3.73. The number of nitrogens with zero attached hydrogens (tertiary/aromatic N) is 3. The first kappa shape index (κ1) is 16.8. The van der Waals surface area contributed by atoms with Gasteiger partial charge in [0.25, 0.3) is 0 Å². The van der Waals surface area contributed by atoms with Gasteiger partial charge in [-0.15, -0.1) is 0 Å². The molecule has 0 aromatic heterocycles. The van der Waals surface area contributed by atoms with Crippen molar-refractivity contribution in [2.24, 2.45) is 0 Å². The number of carboxylic acids is 1. The van der Waals surface area contributed by atoms with Crippen LogP contribution in [0.1, 0.15) is 33.6 Å². The van der Waals surface area contributed by atoms with Gasteiger partial charge in [0.2, 0.25) is 0 Å². The van der Waals surface area contributed by atoms with E-state index in [1.165, 1.54) is 0 Å². The Hall–Kier alpha value is -1.30. The summed E-state index contributed by atoms with van der Waals surface area (Å²) in [5.74, 6) is -0.868. The second-order valence-electron chi connectivity index (χ2n) is 5.87. The van der Waals surface area contributed by atoms with Crippen LogP contribution in [0, 0.1) is 0 Å². The van der Waals surface area contributed by atoms with Gasteiger partial charge in [0.1, 0.15) is 0 Å². The molecule has 1 N–H and O–H groups in total. The van der Waals surface area contributed by atoms with Crippen LogP contribution in [-0.4, -0.2) is 77.1 Å². The maximum Gasteiger partial charge on any atom is 0.320 e. The molecule has 0 aromatic carbocycles. The molecule has 0 spiro atoms. The first-order valence-corrected chi connectivity index (χ1v) is 7.30.